The first-order valence-electron chi connectivity index (χ1n) is 6.96. The molecule has 0 spiro atoms. The van der Waals surface area contributed by atoms with Gasteiger partial charge in [-0.05, 0) is 43.5 Å². The van der Waals surface area contributed by atoms with Gasteiger partial charge >= 0.3 is 5.97 Å². The van der Waals surface area contributed by atoms with Crippen molar-refractivity contribution in [3.63, 3.8) is 0 Å². The zero-order valence-corrected chi connectivity index (χ0v) is 12.4. The fourth-order valence-electron chi connectivity index (χ4n) is 2.09. The van der Waals surface area contributed by atoms with E-state index in [2.05, 4.69) is 16.9 Å². The van der Waals surface area contributed by atoms with E-state index in [0.717, 1.165) is 35.1 Å². The van der Waals surface area contributed by atoms with Gasteiger partial charge in [-0.15, -0.1) is 11.7 Å². The summed E-state index contributed by atoms with van der Waals surface area (Å²) in [7, 11) is 0. The minimum Gasteiger partial charge on any atom is -0.463 e. The number of carbonyl (C=O) groups is 1. The van der Waals surface area contributed by atoms with E-state index in [1.165, 1.54) is 6.08 Å². The molecule has 5 nitrogen and oxygen atoms in total. The second-order valence-electron chi connectivity index (χ2n) is 4.62. The van der Waals surface area contributed by atoms with Crippen molar-refractivity contribution in [2.75, 3.05) is 6.61 Å². The van der Waals surface area contributed by atoms with Gasteiger partial charge in [0.05, 0.1) is 12.1 Å². The minimum absolute atomic E-state index is 0.341. The molecule has 0 bridgehead atoms. The van der Waals surface area contributed by atoms with Crippen LogP contribution in [0.2, 0.25) is 0 Å². The van der Waals surface area contributed by atoms with Crippen LogP contribution in [0.25, 0.3) is 17.1 Å². The number of hydrogen-bond donors (Lipinski definition) is 0. The van der Waals surface area contributed by atoms with Crippen LogP contribution in [0, 0.1) is 6.92 Å². The summed E-state index contributed by atoms with van der Waals surface area (Å²) in [4.78, 5) is 11.4. The molecule has 5 heteroatoms. The maximum Gasteiger partial charge on any atom is 0.330 e. The van der Waals surface area contributed by atoms with Crippen LogP contribution in [0.15, 0.2) is 30.9 Å². The van der Waals surface area contributed by atoms with Crippen LogP contribution in [-0.4, -0.2) is 27.6 Å². The van der Waals surface area contributed by atoms with Crippen LogP contribution in [0.1, 0.15) is 24.5 Å². The van der Waals surface area contributed by atoms with Gasteiger partial charge in [0.25, 0.3) is 0 Å². The number of nitrogens with zero attached hydrogens (tertiary/aromatic N) is 3. The van der Waals surface area contributed by atoms with E-state index in [1.807, 2.05) is 29.8 Å². The average molecular weight is 285 g/mol. The summed E-state index contributed by atoms with van der Waals surface area (Å²) >= 11 is 0. The lowest BCUT2D eigenvalue weighted by molar-refractivity contribution is -0.137. The number of carbonyl (C=O) groups excluding carboxylic acids is 1. The summed E-state index contributed by atoms with van der Waals surface area (Å²) in [5, 5.41) is 8.39. The molecule has 0 N–H and O–H groups in total. The van der Waals surface area contributed by atoms with Gasteiger partial charge in [0.15, 0.2) is 0 Å². The average Bonchev–Trinajstić information content (AvgIpc) is 2.88. The van der Waals surface area contributed by atoms with Crippen molar-refractivity contribution >= 4 is 23.1 Å². The van der Waals surface area contributed by atoms with E-state index in [9.17, 15) is 4.79 Å². The lowest BCUT2D eigenvalue weighted by Crippen LogP contribution is -1.99. The summed E-state index contributed by atoms with van der Waals surface area (Å²) in [6, 6.07) is 3.93. The predicted octanol–water partition coefficient (Wildman–Crippen LogP) is 2.89. The van der Waals surface area contributed by atoms with Crippen molar-refractivity contribution in [3.8, 4) is 0 Å². The fraction of sp³-hybridized carbons (Fsp3) is 0.312. The highest BCUT2D eigenvalue weighted by Gasteiger charge is 2.09. The molecule has 0 aliphatic carbocycles. The van der Waals surface area contributed by atoms with Gasteiger partial charge in [0, 0.05) is 12.6 Å². The summed E-state index contributed by atoms with van der Waals surface area (Å²) in [6.45, 7) is 8.60. The highest BCUT2D eigenvalue weighted by Crippen LogP contribution is 2.21. The van der Waals surface area contributed by atoms with Crippen molar-refractivity contribution in [1.29, 1.82) is 0 Å². The Balaban J connectivity index is 2.30. The molecule has 1 aromatic heterocycles. The first-order chi connectivity index (χ1) is 10.2. The van der Waals surface area contributed by atoms with Crippen molar-refractivity contribution in [2.45, 2.75) is 26.8 Å². The van der Waals surface area contributed by atoms with Gasteiger partial charge in [-0.1, -0.05) is 17.4 Å². The lowest BCUT2D eigenvalue weighted by atomic mass is 10.1. The van der Waals surface area contributed by atoms with E-state index < -0.39 is 0 Å². The van der Waals surface area contributed by atoms with Crippen LogP contribution < -0.4 is 0 Å². The molecular weight excluding hydrogens is 266 g/mol. The van der Waals surface area contributed by atoms with Crippen LogP contribution in [0.3, 0.4) is 0 Å². The number of fused-ring (bicyclic) bond motifs is 1. The third kappa shape index (κ3) is 3.37. The normalized spacial score (nSPS) is 11.1. The quantitative estimate of drug-likeness (QED) is 0.465. The number of rotatable bonds is 6. The van der Waals surface area contributed by atoms with Crippen LogP contribution >= 0.6 is 0 Å². The maximum atomic E-state index is 11.4. The predicted molar refractivity (Wildman–Crippen MR) is 82.7 cm³/mol. The molecule has 0 atom stereocenters. The number of hydrogen-bond acceptors (Lipinski definition) is 4. The third-order valence-electron chi connectivity index (χ3n) is 3.21. The van der Waals surface area contributed by atoms with Crippen molar-refractivity contribution in [1.82, 2.24) is 15.0 Å². The topological polar surface area (TPSA) is 57.0 Å². The second kappa shape index (κ2) is 6.83. The van der Waals surface area contributed by atoms with Crippen molar-refractivity contribution in [3.05, 3.63) is 42.0 Å². The van der Waals surface area contributed by atoms with Gasteiger partial charge in [-0.2, -0.15) is 0 Å². The summed E-state index contributed by atoms with van der Waals surface area (Å²) in [5.74, 6) is -0.341. The van der Waals surface area contributed by atoms with Gasteiger partial charge in [-0.25, -0.2) is 9.48 Å². The Morgan fingerprint density at radius 1 is 1.48 bits per heavy atom. The highest BCUT2D eigenvalue weighted by molar-refractivity contribution is 5.89. The largest absolute Gasteiger partial charge is 0.463 e. The Morgan fingerprint density at radius 3 is 3.00 bits per heavy atom. The van der Waals surface area contributed by atoms with Crippen LogP contribution in [-0.2, 0) is 16.1 Å². The third-order valence-corrected chi connectivity index (χ3v) is 3.21. The smallest absolute Gasteiger partial charge is 0.330 e. The molecule has 0 saturated carbocycles. The van der Waals surface area contributed by atoms with E-state index in [0.29, 0.717) is 6.61 Å². The van der Waals surface area contributed by atoms with Crippen molar-refractivity contribution < 1.29 is 9.53 Å². The number of benzene rings is 1. The Hall–Kier alpha value is -2.43. The molecule has 0 radical (unpaired) electrons. The number of esters is 1. The molecule has 110 valence electrons. The monoisotopic (exact) mass is 285 g/mol. The number of aromatic nitrogens is 3. The Kier molecular flexibility index (Phi) is 4.87. The molecule has 1 aromatic carbocycles. The molecule has 0 aliphatic rings. The Morgan fingerprint density at radius 2 is 2.29 bits per heavy atom. The summed E-state index contributed by atoms with van der Waals surface area (Å²) < 4.78 is 6.74. The molecule has 0 amide bonds. The first kappa shape index (κ1) is 15.0. The van der Waals surface area contributed by atoms with Gasteiger partial charge < -0.3 is 4.74 Å². The standard InChI is InChI=1S/C16H19N3O2/c1-4-6-11-19-14-9-7-13(8-10-15(20)21-5-2)12(3)16(14)17-18-19/h4,7-10H,1,5-6,11H2,2-3H3/b10-8+. The molecule has 0 fully saturated rings. The zero-order chi connectivity index (χ0) is 15.2. The van der Waals surface area contributed by atoms with Crippen LogP contribution in [0.5, 0.6) is 0 Å². The van der Waals surface area contributed by atoms with E-state index in [1.54, 1.807) is 13.0 Å². The van der Waals surface area contributed by atoms with E-state index >= 15 is 0 Å². The van der Waals surface area contributed by atoms with Gasteiger partial charge in [-0.3, -0.25) is 0 Å². The Labute approximate surface area is 123 Å². The molecule has 0 unspecified atom stereocenters. The molecule has 0 saturated heterocycles. The molecule has 2 aromatic rings. The molecule has 1 heterocycles. The van der Waals surface area contributed by atoms with Crippen LogP contribution in [0.4, 0.5) is 0 Å². The van der Waals surface area contributed by atoms with E-state index in [-0.39, 0.29) is 5.97 Å². The second-order valence-corrected chi connectivity index (χ2v) is 4.62. The summed E-state index contributed by atoms with van der Waals surface area (Å²) in [6.07, 6.45) is 5.88. The number of aryl methyl sites for hydroxylation is 2. The fourth-order valence-corrected chi connectivity index (χ4v) is 2.09. The van der Waals surface area contributed by atoms with E-state index in [4.69, 9.17) is 4.74 Å². The molecular formula is C16H19N3O2. The lowest BCUT2D eigenvalue weighted by Gasteiger charge is -2.03. The van der Waals surface area contributed by atoms with Crippen molar-refractivity contribution in [2.24, 2.45) is 0 Å². The van der Waals surface area contributed by atoms with Gasteiger partial charge in [0.2, 0.25) is 0 Å². The molecule has 0 aliphatic heterocycles. The number of ether oxygens (including phenoxy) is 1. The highest BCUT2D eigenvalue weighted by atomic mass is 16.5. The summed E-state index contributed by atoms with van der Waals surface area (Å²) in [5.41, 5.74) is 3.77. The molecule has 21 heavy (non-hydrogen) atoms. The maximum absolute atomic E-state index is 11.4. The SMILES string of the molecule is C=CCCn1nnc2c(C)c(/C=C/C(=O)OCC)ccc21. The first-order valence-corrected chi connectivity index (χ1v) is 6.96. The number of allylic oxidation sites excluding steroid dienone is 1. The Bertz CT molecular complexity index is 686. The minimum atomic E-state index is -0.341. The zero-order valence-electron chi connectivity index (χ0n) is 12.4. The van der Waals surface area contributed by atoms with Gasteiger partial charge in [0.1, 0.15) is 5.52 Å². The molecule has 2 rings (SSSR count).